The van der Waals surface area contributed by atoms with Gasteiger partial charge in [-0.15, -0.1) is 0 Å². The Morgan fingerprint density at radius 2 is 2.05 bits per heavy atom. The highest BCUT2D eigenvalue weighted by atomic mass is 16.5. The van der Waals surface area contributed by atoms with Crippen LogP contribution >= 0.6 is 0 Å². The van der Waals surface area contributed by atoms with Gasteiger partial charge in [-0.25, -0.2) is 4.79 Å². The summed E-state index contributed by atoms with van der Waals surface area (Å²) in [6.07, 6.45) is 2.00. The molecule has 1 aliphatic carbocycles. The Morgan fingerprint density at radius 3 is 2.43 bits per heavy atom. The molecule has 1 atom stereocenters. The average Bonchev–Trinajstić information content (AvgIpc) is 3.21. The normalized spacial score (nSPS) is 24.1. The Hall–Kier alpha value is -1.43. The van der Waals surface area contributed by atoms with Crippen LogP contribution in [0.5, 0.6) is 0 Å². The molecule has 0 spiro atoms. The Bertz CT molecular complexity index is 470. The molecule has 0 aromatic carbocycles. The number of esters is 1. The molecule has 1 aliphatic heterocycles. The van der Waals surface area contributed by atoms with Gasteiger partial charge < -0.3 is 10.1 Å². The van der Waals surface area contributed by atoms with E-state index >= 15 is 0 Å². The minimum Gasteiger partial charge on any atom is -0.465 e. The minimum absolute atomic E-state index is 0.0636. The van der Waals surface area contributed by atoms with E-state index in [1.807, 2.05) is 0 Å². The zero-order chi connectivity index (χ0) is 15.8. The van der Waals surface area contributed by atoms with E-state index in [0.29, 0.717) is 0 Å². The summed E-state index contributed by atoms with van der Waals surface area (Å²) in [6.45, 7) is 5.61. The van der Waals surface area contributed by atoms with Crippen LogP contribution < -0.4 is 5.32 Å². The Balaban J connectivity index is 2.25. The van der Waals surface area contributed by atoms with Crippen molar-refractivity contribution in [3.05, 3.63) is 0 Å². The molecule has 0 aromatic rings. The first-order chi connectivity index (χ1) is 9.78. The van der Waals surface area contributed by atoms with Crippen LogP contribution in [-0.2, 0) is 19.1 Å². The van der Waals surface area contributed by atoms with E-state index in [1.165, 1.54) is 4.90 Å². The van der Waals surface area contributed by atoms with Gasteiger partial charge in [-0.1, -0.05) is 13.8 Å². The molecule has 0 aromatic heterocycles. The number of carbonyl (C=O) groups is 3. The topological polar surface area (TPSA) is 75.7 Å². The molecule has 1 saturated heterocycles. The molecule has 2 rings (SSSR count). The van der Waals surface area contributed by atoms with Gasteiger partial charge in [0, 0.05) is 6.42 Å². The number of nitrogens with one attached hydrogen (secondary N) is 1. The van der Waals surface area contributed by atoms with E-state index in [4.69, 9.17) is 4.74 Å². The molecule has 21 heavy (non-hydrogen) atoms. The van der Waals surface area contributed by atoms with Crippen molar-refractivity contribution in [2.75, 3.05) is 20.2 Å². The molecular weight excluding hydrogens is 272 g/mol. The number of hydrogen-bond donors (Lipinski definition) is 1. The van der Waals surface area contributed by atoms with Crippen molar-refractivity contribution < 1.29 is 19.1 Å². The van der Waals surface area contributed by atoms with Gasteiger partial charge in [-0.2, -0.15) is 0 Å². The third kappa shape index (κ3) is 2.69. The van der Waals surface area contributed by atoms with Gasteiger partial charge in [-0.05, 0) is 32.7 Å². The Kier molecular flexibility index (Phi) is 4.10. The Labute approximate surface area is 125 Å². The van der Waals surface area contributed by atoms with Crippen molar-refractivity contribution in [1.29, 1.82) is 0 Å². The molecule has 1 heterocycles. The summed E-state index contributed by atoms with van der Waals surface area (Å²) in [5.74, 6) is -0.683. The second-order valence-electron chi connectivity index (χ2n) is 6.56. The lowest BCUT2D eigenvalue weighted by atomic mass is 9.90. The molecule has 1 saturated carbocycles. The highest BCUT2D eigenvalue weighted by molar-refractivity contribution is 6.06. The number of carbonyl (C=O) groups excluding carboxylic acids is 3. The van der Waals surface area contributed by atoms with Gasteiger partial charge in [0.15, 0.2) is 0 Å². The summed E-state index contributed by atoms with van der Waals surface area (Å²) in [5, 5.41) is 3.04. The molecule has 1 N–H and O–H groups in total. The lowest BCUT2D eigenvalue weighted by Crippen LogP contribution is -2.61. The second-order valence-corrected chi connectivity index (χ2v) is 6.56. The van der Waals surface area contributed by atoms with Crippen molar-refractivity contribution in [3.8, 4) is 0 Å². The van der Waals surface area contributed by atoms with Crippen LogP contribution in [0.2, 0.25) is 0 Å². The number of hydrogen-bond acceptors (Lipinski definition) is 5. The number of likely N-dealkylation sites (N-methyl/N-ethyl adjacent to an activating group) is 1. The third-order valence-corrected chi connectivity index (χ3v) is 4.49. The summed E-state index contributed by atoms with van der Waals surface area (Å²) in [4.78, 5) is 38.2. The summed E-state index contributed by atoms with van der Waals surface area (Å²) in [6, 6.07) is 0. The van der Waals surface area contributed by atoms with Crippen LogP contribution in [0.15, 0.2) is 0 Å². The number of ether oxygens (including phenoxy) is 1. The first kappa shape index (κ1) is 15.9. The van der Waals surface area contributed by atoms with Crippen LogP contribution in [0.25, 0.3) is 0 Å². The summed E-state index contributed by atoms with van der Waals surface area (Å²) in [5.41, 5.74) is -1.66. The average molecular weight is 296 g/mol. The lowest BCUT2D eigenvalue weighted by molar-refractivity contribution is -0.155. The number of nitrogens with zero attached hydrogens (tertiary/aromatic N) is 1. The van der Waals surface area contributed by atoms with Gasteiger partial charge in [0.25, 0.3) is 0 Å². The largest absolute Gasteiger partial charge is 0.465 e. The molecule has 0 radical (unpaired) electrons. The molecule has 0 bridgehead atoms. The van der Waals surface area contributed by atoms with Crippen molar-refractivity contribution >= 4 is 17.8 Å². The van der Waals surface area contributed by atoms with Gasteiger partial charge in [-0.3, -0.25) is 14.5 Å². The van der Waals surface area contributed by atoms with E-state index in [2.05, 4.69) is 5.32 Å². The zero-order valence-corrected chi connectivity index (χ0v) is 13.2. The Morgan fingerprint density at radius 1 is 1.43 bits per heavy atom. The number of likely N-dealkylation sites (tertiary alicyclic amines) is 1. The fraction of sp³-hybridized carbons (Fsp3) is 0.800. The van der Waals surface area contributed by atoms with Crippen molar-refractivity contribution in [3.63, 3.8) is 0 Å². The zero-order valence-electron chi connectivity index (χ0n) is 13.2. The summed E-state index contributed by atoms with van der Waals surface area (Å²) in [7, 11) is 1.69. The first-order valence-corrected chi connectivity index (χ1v) is 7.49. The standard InChI is InChI=1S/C15H24N2O4/c1-5-21-13(20)15(16-4,10-6-7-10)9-17-11(18)8-14(2,3)12(17)19/h10,16H,5-9H2,1-4H3. The van der Waals surface area contributed by atoms with Crippen LogP contribution in [0.3, 0.4) is 0 Å². The predicted octanol–water partition coefficient (Wildman–Crippen LogP) is 0.703. The van der Waals surface area contributed by atoms with Gasteiger partial charge >= 0.3 is 5.97 Å². The smallest absolute Gasteiger partial charge is 0.328 e. The van der Waals surface area contributed by atoms with Crippen molar-refractivity contribution in [2.45, 2.75) is 45.6 Å². The summed E-state index contributed by atoms with van der Waals surface area (Å²) >= 11 is 0. The quantitative estimate of drug-likeness (QED) is 0.577. The second kappa shape index (κ2) is 5.40. The summed E-state index contributed by atoms with van der Waals surface area (Å²) < 4.78 is 5.18. The predicted molar refractivity (Wildman–Crippen MR) is 76.3 cm³/mol. The SMILES string of the molecule is CCOC(=O)C(CN1C(=O)CC(C)(C)C1=O)(NC)C1CC1. The maximum Gasteiger partial charge on any atom is 0.328 e. The molecule has 2 amide bonds. The van der Waals surface area contributed by atoms with Crippen LogP contribution in [0.1, 0.15) is 40.0 Å². The van der Waals surface area contributed by atoms with Crippen LogP contribution in [0, 0.1) is 11.3 Å². The molecular formula is C15H24N2O4. The molecule has 2 fully saturated rings. The van der Waals surface area contributed by atoms with Crippen molar-refractivity contribution in [2.24, 2.45) is 11.3 Å². The van der Waals surface area contributed by atoms with E-state index in [9.17, 15) is 14.4 Å². The maximum absolute atomic E-state index is 12.4. The van der Waals surface area contributed by atoms with Gasteiger partial charge in [0.05, 0.1) is 18.6 Å². The highest BCUT2D eigenvalue weighted by Crippen LogP contribution is 2.42. The molecule has 118 valence electrons. The fourth-order valence-corrected chi connectivity index (χ4v) is 3.02. The third-order valence-electron chi connectivity index (χ3n) is 4.49. The molecule has 1 unspecified atom stereocenters. The monoisotopic (exact) mass is 296 g/mol. The van der Waals surface area contributed by atoms with E-state index in [1.54, 1.807) is 27.8 Å². The van der Waals surface area contributed by atoms with Crippen LogP contribution in [-0.4, -0.2) is 48.4 Å². The van der Waals surface area contributed by atoms with E-state index in [0.717, 1.165) is 12.8 Å². The number of amides is 2. The first-order valence-electron chi connectivity index (χ1n) is 7.49. The van der Waals surface area contributed by atoms with E-state index < -0.39 is 11.0 Å². The fourth-order valence-electron chi connectivity index (χ4n) is 3.02. The van der Waals surface area contributed by atoms with Crippen molar-refractivity contribution in [1.82, 2.24) is 10.2 Å². The number of rotatable bonds is 6. The van der Waals surface area contributed by atoms with E-state index in [-0.39, 0.29) is 43.3 Å². The molecule has 6 heteroatoms. The molecule has 6 nitrogen and oxygen atoms in total. The van der Waals surface area contributed by atoms with Gasteiger partial charge in [0.2, 0.25) is 11.8 Å². The van der Waals surface area contributed by atoms with Crippen LogP contribution in [0.4, 0.5) is 0 Å². The van der Waals surface area contributed by atoms with Gasteiger partial charge in [0.1, 0.15) is 5.54 Å². The molecule has 2 aliphatic rings. The lowest BCUT2D eigenvalue weighted by Gasteiger charge is -2.34. The maximum atomic E-state index is 12.4. The highest BCUT2D eigenvalue weighted by Gasteiger charge is 2.56. The number of imide groups is 1. The minimum atomic E-state index is -0.970.